The molecule has 5 aliphatic rings. The van der Waals surface area contributed by atoms with Crippen LogP contribution in [0.3, 0.4) is 0 Å². The Labute approximate surface area is 305 Å². The van der Waals surface area contributed by atoms with E-state index in [-0.39, 0.29) is 10.8 Å². The summed E-state index contributed by atoms with van der Waals surface area (Å²) in [5.74, 6) is 3.40. The Hall–Kier alpha value is -5.35. The Bertz CT molecular complexity index is 2440. The molecule has 0 spiro atoms. The zero-order valence-corrected chi connectivity index (χ0v) is 29.8. The van der Waals surface area contributed by atoms with E-state index in [1.165, 1.54) is 71.9 Å². The van der Waals surface area contributed by atoms with Crippen molar-refractivity contribution >= 4 is 11.1 Å². The molecule has 4 bridgehead atoms. The van der Waals surface area contributed by atoms with Crippen LogP contribution in [0.1, 0.15) is 69.1 Å². The molecule has 4 fully saturated rings. The number of rotatable bonds is 5. The van der Waals surface area contributed by atoms with Gasteiger partial charge in [0.05, 0.1) is 11.4 Å². The van der Waals surface area contributed by atoms with Gasteiger partial charge >= 0.3 is 0 Å². The average molecular weight is 676 g/mol. The molecule has 254 valence electrons. The number of nitrogens with zero attached hydrogens (tertiary/aromatic N) is 3. The van der Waals surface area contributed by atoms with Crippen molar-refractivity contribution in [3.05, 3.63) is 138 Å². The predicted octanol–water partition coefficient (Wildman–Crippen LogP) is 12.1. The molecule has 12 rings (SSSR count). The van der Waals surface area contributed by atoms with Crippen LogP contribution in [0.5, 0.6) is 0 Å². The van der Waals surface area contributed by atoms with E-state index in [0.29, 0.717) is 0 Å². The normalized spacial score (nSPS) is 23.5. The molecule has 0 atom stereocenters. The quantitative estimate of drug-likeness (QED) is 0.182. The van der Waals surface area contributed by atoms with Crippen LogP contribution >= 0.6 is 0 Å². The maximum atomic E-state index is 6.27. The number of hydrogen-bond acceptors (Lipinski definition) is 4. The van der Waals surface area contributed by atoms with Crippen molar-refractivity contribution in [3.63, 3.8) is 0 Å². The first-order chi connectivity index (χ1) is 25.4. The number of oxazole rings is 1. The minimum absolute atomic E-state index is 0.200. The van der Waals surface area contributed by atoms with Crippen LogP contribution in [0.25, 0.3) is 67.3 Å². The van der Waals surface area contributed by atoms with E-state index in [4.69, 9.17) is 19.4 Å². The Kier molecular flexibility index (Phi) is 6.45. The van der Waals surface area contributed by atoms with Crippen LogP contribution in [0.2, 0.25) is 0 Å². The van der Waals surface area contributed by atoms with E-state index >= 15 is 0 Å². The van der Waals surface area contributed by atoms with Gasteiger partial charge in [0.25, 0.3) is 0 Å². The van der Waals surface area contributed by atoms with Crippen LogP contribution in [-0.4, -0.2) is 15.0 Å². The lowest BCUT2D eigenvalue weighted by Gasteiger charge is -2.57. The standard InChI is InChI=1S/C48H41N3O/c1-47(2)40-22-34(36-17-18-39(44-45(36)52-28-49-44)48-25-29-19-30(26-48)21-31(20-29)27-48)13-15-37(40)38-16-14-35(23-41(38)47)43-24-42(32-9-5-3-6-10-32)50-46(51-43)33-11-7-4-8-12-33/h3-18,22-24,28-31H,19-21,25-27H2,1-2H3. The highest BCUT2D eigenvalue weighted by Crippen LogP contribution is 2.62. The maximum absolute atomic E-state index is 6.27. The number of benzene rings is 5. The lowest BCUT2D eigenvalue weighted by atomic mass is 9.48. The highest BCUT2D eigenvalue weighted by atomic mass is 16.3. The Balaban J connectivity index is 0.979. The highest BCUT2D eigenvalue weighted by molar-refractivity contribution is 5.94. The summed E-state index contributed by atoms with van der Waals surface area (Å²) in [5.41, 5.74) is 16.1. The zero-order chi connectivity index (χ0) is 34.6. The van der Waals surface area contributed by atoms with Crippen molar-refractivity contribution in [1.29, 1.82) is 0 Å². The fourth-order valence-corrected chi connectivity index (χ4v) is 11.2. The van der Waals surface area contributed by atoms with Gasteiger partial charge in [0.1, 0.15) is 5.52 Å². The van der Waals surface area contributed by atoms with Crippen LogP contribution in [0.15, 0.2) is 126 Å². The fourth-order valence-electron chi connectivity index (χ4n) is 11.2. The molecule has 5 aliphatic carbocycles. The third-order valence-corrected chi connectivity index (χ3v) is 13.2. The third-order valence-electron chi connectivity index (χ3n) is 13.2. The molecule has 52 heavy (non-hydrogen) atoms. The first-order valence-electron chi connectivity index (χ1n) is 19.1. The van der Waals surface area contributed by atoms with E-state index in [2.05, 4.69) is 105 Å². The van der Waals surface area contributed by atoms with Crippen molar-refractivity contribution in [1.82, 2.24) is 15.0 Å². The minimum Gasteiger partial charge on any atom is -0.443 e. The number of fused-ring (bicyclic) bond motifs is 4. The number of hydrogen-bond donors (Lipinski definition) is 0. The van der Waals surface area contributed by atoms with E-state index in [9.17, 15) is 0 Å². The monoisotopic (exact) mass is 675 g/mol. The molecule has 4 nitrogen and oxygen atoms in total. The summed E-state index contributed by atoms with van der Waals surface area (Å²) in [5, 5.41) is 0. The molecule has 4 heteroatoms. The van der Waals surface area contributed by atoms with Crippen LogP contribution in [0, 0.1) is 17.8 Å². The summed E-state index contributed by atoms with van der Waals surface area (Å²) in [6, 6.07) is 41.4. The van der Waals surface area contributed by atoms with Crippen molar-refractivity contribution < 1.29 is 4.42 Å². The second kappa shape index (κ2) is 11.1. The van der Waals surface area contributed by atoms with Gasteiger partial charge < -0.3 is 4.42 Å². The topological polar surface area (TPSA) is 51.8 Å². The Morgan fingerprint density at radius 3 is 1.75 bits per heavy atom. The fraction of sp³-hybridized carbons (Fsp3) is 0.271. The van der Waals surface area contributed by atoms with Gasteiger partial charge in [-0.2, -0.15) is 0 Å². The predicted molar refractivity (Wildman–Crippen MR) is 209 cm³/mol. The minimum atomic E-state index is -0.200. The molecule has 5 aromatic carbocycles. The van der Waals surface area contributed by atoms with Gasteiger partial charge in [-0.05, 0) is 113 Å². The van der Waals surface area contributed by atoms with Crippen molar-refractivity contribution in [2.24, 2.45) is 17.8 Å². The molecule has 0 radical (unpaired) electrons. The van der Waals surface area contributed by atoms with Gasteiger partial charge in [-0.15, -0.1) is 0 Å². The average Bonchev–Trinajstić information content (AvgIpc) is 3.75. The summed E-state index contributed by atoms with van der Waals surface area (Å²) < 4.78 is 6.27. The van der Waals surface area contributed by atoms with Crippen LogP contribution < -0.4 is 0 Å². The van der Waals surface area contributed by atoms with Gasteiger partial charge in [0, 0.05) is 27.7 Å². The van der Waals surface area contributed by atoms with E-state index < -0.39 is 0 Å². The molecular formula is C48H41N3O. The summed E-state index contributed by atoms with van der Waals surface area (Å²) in [7, 11) is 0. The summed E-state index contributed by atoms with van der Waals surface area (Å²) in [4.78, 5) is 15.1. The molecule has 2 heterocycles. The van der Waals surface area contributed by atoms with Crippen molar-refractivity contribution in [2.45, 2.75) is 63.2 Å². The first kappa shape index (κ1) is 30.3. The summed E-state index contributed by atoms with van der Waals surface area (Å²) in [6.07, 6.45) is 9.97. The van der Waals surface area contributed by atoms with Crippen molar-refractivity contribution in [2.75, 3.05) is 0 Å². The van der Waals surface area contributed by atoms with E-state index in [1.54, 1.807) is 6.39 Å². The molecule has 2 aromatic heterocycles. The first-order valence-corrected chi connectivity index (χ1v) is 19.1. The lowest BCUT2D eigenvalue weighted by Crippen LogP contribution is -2.48. The molecule has 0 amide bonds. The van der Waals surface area contributed by atoms with E-state index in [1.807, 2.05) is 24.3 Å². The Morgan fingerprint density at radius 1 is 0.538 bits per heavy atom. The molecule has 0 aliphatic heterocycles. The van der Waals surface area contributed by atoms with Gasteiger partial charge in [0.15, 0.2) is 17.8 Å². The molecule has 0 N–H and O–H groups in total. The van der Waals surface area contributed by atoms with Crippen LogP contribution in [0.4, 0.5) is 0 Å². The number of aromatic nitrogens is 3. The van der Waals surface area contributed by atoms with Gasteiger partial charge in [0.2, 0.25) is 0 Å². The largest absolute Gasteiger partial charge is 0.443 e. The second-order valence-corrected chi connectivity index (χ2v) is 16.7. The smallest absolute Gasteiger partial charge is 0.182 e. The Morgan fingerprint density at radius 2 is 1.10 bits per heavy atom. The second-order valence-electron chi connectivity index (χ2n) is 16.7. The van der Waals surface area contributed by atoms with Crippen LogP contribution in [-0.2, 0) is 10.8 Å². The highest BCUT2D eigenvalue weighted by Gasteiger charge is 2.52. The lowest BCUT2D eigenvalue weighted by molar-refractivity contribution is -0.00457. The molecule has 7 aromatic rings. The van der Waals surface area contributed by atoms with Crippen molar-refractivity contribution in [3.8, 4) is 56.2 Å². The molecule has 0 unspecified atom stereocenters. The molecular weight excluding hydrogens is 635 g/mol. The van der Waals surface area contributed by atoms with Gasteiger partial charge in [-0.1, -0.05) is 111 Å². The molecule has 4 saturated carbocycles. The zero-order valence-electron chi connectivity index (χ0n) is 29.8. The SMILES string of the molecule is CC1(C)c2cc(-c3cc(-c4ccccc4)nc(-c4ccccc4)n3)ccc2-c2ccc(-c3ccc(C45CC6CC(CC(C6)C4)C5)c4ncoc34)cc21. The third kappa shape index (κ3) is 4.56. The van der Waals surface area contributed by atoms with Gasteiger partial charge in [-0.3, -0.25) is 0 Å². The summed E-state index contributed by atoms with van der Waals surface area (Å²) >= 11 is 0. The summed E-state index contributed by atoms with van der Waals surface area (Å²) in [6.45, 7) is 4.71. The maximum Gasteiger partial charge on any atom is 0.182 e. The van der Waals surface area contributed by atoms with Gasteiger partial charge in [-0.25, -0.2) is 15.0 Å². The molecule has 0 saturated heterocycles. The van der Waals surface area contributed by atoms with E-state index in [0.717, 1.165) is 68.3 Å².